The lowest BCUT2D eigenvalue weighted by Gasteiger charge is -2.21. The Hall–Kier alpha value is -0.610. The molecular formula is C21H38O4. The molecule has 2 aliphatic heterocycles. The zero-order chi connectivity index (χ0) is 17.9. The SMILES string of the molecule is CCCCCCCCCCCC[C@H](O)[C@@H]1CC[C@@H]([C@@H]2CCC(=O)O2)O1. The van der Waals surface area contributed by atoms with E-state index in [2.05, 4.69) is 6.92 Å². The van der Waals surface area contributed by atoms with Crippen molar-refractivity contribution in [3.8, 4) is 0 Å². The maximum atomic E-state index is 11.2. The molecule has 0 unspecified atom stereocenters. The molecule has 0 aromatic carbocycles. The summed E-state index contributed by atoms with van der Waals surface area (Å²) in [6, 6.07) is 0. The topological polar surface area (TPSA) is 55.8 Å². The molecule has 0 saturated carbocycles. The van der Waals surface area contributed by atoms with Crippen LogP contribution in [0.1, 0.15) is 103 Å². The summed E-state index contributed by atoms with van der Waals surface area (Å²) in [5, 5.41) is 10.4. The van der Waals surface area contributed by atoms with E-state index in [1.807, 2.05) is 0 Å². The highest BCUT2D eigenvalue weighted by atomic mass is 16.6. The molecule has 2 rings (SSSR count). The van der Waals surface area contributed by atoms with Gasteiger partial charge in [0.15, 0.2) is 0 Å². The molecule has 4 heteroatoms. The fraction of sp³-hybridized carbons (Fsp3) is 0.952. The number of ether oxygens (including phenoxy) is 2. The highest BCUT2D eigenvalue weighted by Gasteiger charge is 2.39. The third kappa shape index (κ3) is 7.65. The molecule has 2 heterocycles. The van der Waals surface area contributed by atoms with E-state index in [0.717, 1.165) is 32.1 Å². The van der Waals surface area contributed by atoms with Crippen molar-refractivity contribution in [3.05, 3.63) is 0 Å². The number of rotatable bonds is 13. The minimum Gasteiger partial charge on any atom is -0.460 e. The zero-order valence-electron chi connectivity index (χ0n) is 16.1. The van der Waals surface area contributed by atoms with Gasteiger partial charge < -0.3 is 14.6 Å². The number of unbranched alkanes of at least 4 members (excludes halogenated alkanes) is 9. The molecule has 4 nitrogen and oxygen atoms in total. The number of aliphatic hydroxyl groups excluding tert-OH is 1. The molecule has 25 heavy (non-hydrogen) atoms. The predicted molar refractivity (Wildman–Crippen MR) is 99.5 cm³/mol. The van der Waals surface area contributed by atoms with Crippen molar-refractivity contribution in [2.75, 3.05) is 0 Å². The monoisotopic (exact) mass is 354 g/mol. The molecule has 2 saturated heterocycles. The first-order valence-corrected chi connectivity index (χ1v) is 10.7. The van der Waals surface area contributed by atoms with Crippen LogP contribution in [0, 0.1) is 0 Å². The summed E-state index contributed by atoms with van der Waals surface area (Å²) in [6.45, 7) is 2.26. The molecule has 4 atom stereocenters. The Morgan fingerprint density at radius 2 is 1.56 bits per heavy atom. The number of carbonyl (C=O) groups excluding carboxylic acids is 1. The average molecular weight is 355 g/mol. The summed E-state index contributed by atoms with van der Waals surface area (Å²) in [4.78, 5) is 11.2. The van der Waals surface area contributed by atoms with Crippen molar-refractivity contribution >= 4 is 5.97 Å². The molecule has 0 aliphatic carbocycles. The first kappa shape index (κ1) is 20.7. The second kappa shape index (κ2) is 11.9. The van der Waals surface area contributed by atoms with Crippen molar-refractivity contribution < 1.29 is 19.4 Å². The fourth-order valence-corrected chi connectivity index (χ4v) is 4.08. The second-order valence-corrected chi connectivity index (χ2v) is 7.90. The standard InChI is InChI=1S/C21H38O4/c1-2-3-4-5-6-7-8-9-10-11-12-17(22)18-13-14-19(24-18)20-15-16-21(23)25-20/h17-20,22H,2-16H2,1H3/t17-,18-,19-,20-/m0/s1. The van der Waals surface area contributed by atoms with Gasteiger partial charge in [-0.05, 0) is 25.7 Å². The van der Waals surface area contributed by atoms with E-state index < -0.39 is 0 Å². The van der Waals surface area contributed by atoms with Gasteiger partial charge in [-0.1, -0.05) is 71.1 Å². The molecule has 2 aliphatic rings. The Balaban J connectivity index is 1.45. The van der Waals surface area contributed by atoms with Crippen molar-refractivity contribution in [1.29, 1.82) is 0 Å². The zero-order valence-corrected chi connectivity index (χ0v) is 16.1. The summed E-state index contributed by atoms with van der Waals surface area (Å²) >= 11 is 0. The predicted octanol–water partition coefficient (Wildman–Crippen LogP) is 4.91. The van der Waals surface area contributed by atoms with Crippen LogP contribution in [-0.2, 0) is 14.3 Å². The Morgan fingerprint density at radius 3 is 2.16 bits per heavy atom. The van der Waals surface area contributed by atoms with Gasteiger partial charge in [0, 0.05) is 6.42 Å². The molecule has 0 aromatic heterocycles. The molecule has 0 radical (unpaired) electrons. The third-order valence-corrected chi connectivity index (χ3v) is 5.70. The van der Waals surface area contributed by atoms with Crippen molar-refractivity contribution in [1.82, 2.24) is 0 Å². The number of hydrogen-bond donors (Lipinski definition) is 1. The van der Waals surface area contributed by atoms with Gasteiger partial charge in [-0.15, -0.1) is 0 Å². The number of aliphatic hydroxyl groups is 1. The molecular weight excluding hydrogens is 316 g/mol. The fourth-order valence-electron chi connectivity index (χ4n) is 4.08. The number of hydrogen-bond acceptors (Lipinski definition) is 4. The van der Waals surface area contributed by atoms with Gasteiger partial charge in [-0.3, -0.25) is 4.79 Å². The minimum atomic E-state index is -0.365. The van der Waals surface area contributed by atoms with Gasteiger partial charge in [0.05, 0.1) is 18.3 Å². The van der Waals surface area contributed by atoms with Crippen LogP contribution in [0.4, 0.5) is 0 Å². The van der Waals surface area contributed by atoms with Crippen molar-refractivity contribution in [3.63, 3.8) is 0 Å². The molecule has 0 amide bonds. The van der Waals surface area contributed by atoms with Gasteiger partial charge in [0.1, 0.15) is 6.10 Å². The number of esters is 1. The maximum Gasteiger partial charge on any atom is 0.306 e. The summed E-state index contributed by atoms with van der Waals surface area (Å²) < 4.78 is 11.3. The minimum absolute atomic E-state index is 0.00110. The lowest BCUT2D eigenvalue weighted by molar-refractivity contribution is -0.148. The lowest BCUT2D eigenvalue weighted by Crippen LogP contribution is -2.30. The molecule has 146 valence electrons. The summed E-state index contributed by atoms with van der Waals surface area (Å²) in [7, 11) is 0. The van der Waals surface area contributed by atoms with Gasteiger partial charge in [-0.2, -0.15) is 0 Å². The Bertz CT molecular complexity index is 371. The van der Waals surface area contributed by atoms with Gasteiger partial charge in [0.25, 0.3) is 0 Å². The second-order valence-electron chi connectivity index (χ2n) is 7.90. The van der Waals surface area contributed by atoms with Gasteiger partial charge >= 0.3 is 5.97 Å². The Labute approximate surface area is 153 Å². The van der Waals surface area contributed by atoms with E-state index in [-0.39, 0.29) is 30.4 Å². The van der Waals surface area contributed by atoms with E-state index >= 15 is 0 Å². The molecule has 2 fully saturated rings. The first-order chi connectivity index (χ1) is 12.2. The van der Waals surface area contributed by atoms with Crippen LogP contribution in [0.15, 0.2) is 0 Å². The smallest absolute Gasteiger partial charge is 0.306 e. The Kier molecular flexibility index (Phi) is 9.85. The van der Waals surface area contributed by atoms with Gasteiger partial charge in [0.2, 0.25) is 0 Å². The van der Waals surface area contributed by atoms with Crippen molar-refractivity contribution in [2.45, 2.75) is 128 Å². The van der Waals surface area contributed by atoms with Crippen molar-refractivity contribution in [2.24, 2.45) is 0 Å². The number of cyclic esters (lactones) is 1. The molecule has 0 aromatic rings. The third-order valence-electron chi connectivity index (χ3n) is 5.70. The van der Waals surface area contributed by atoms with E-state index in [1.165, 1.54) is 57.8 Å². The van der Waals surface area contributed by atoms with Crippen LogP contribution in [0.5, 0.6) is 0 Å². The molecule has 0 bridgehead atoms. The van der Waals surface area contributed by atoms with E-state index in [1.54, 1.807) is 0 Å². The maximum absolute atomic E-state index is 11.2. The molecule has 1 N–H and O–H groups in total. The van der Waals surface area contributed by atoms with E-state index in [0.29, 0.717) is 6.42 Å². The van der Waals surface area contributed by atoms with Crippen LogP contribution >= 0.6 is 0 Å². The summed E-state index contributed by atoms with van der Waals surface area (Å²) in [5.41, 5.74) is 0. The average Bonchev–Trinajstić information content (AvgIpc) is 3.25. The normalized spacial score (nSPS) is 27.6. The lowest BCUT2D eigenvalue weighted by atomic mass is 10.0. The van der Waals surface area contributed by atoms with Gasteiger partial charge in [-0.25, -0.2) is 0 Å². The van der Waals surface area contributed by atoms with E-state index in [9.17, 15) is 9.90 Å². The van der Waals surface area contributed by atoms with Crippen LogP contribution < -0.4 is 0 Å². The van der Waals surface area contributed by atoms with Crippen LogP contribution in [0.25, 0.3) is 0 Å². The van der Waals surface area contributed by atoms with Crippen LogP contribution in [-0.4, -0.2) is 35.5 Å². The largest absolute Gasteiger partial charge is 0.460 e. The summed E-state index contributed by atoms with van der Waals surface area (Å²) in [5.74, 6) is -0.108. The van der Waals surface area contributed by atoms with Crippen LogP contribution in [0.3, 0.4) is 0 Å². The highest BCUT2D eigenvalue weighted by Crippen LogP contribution is 2.31. The first-order valence-electron chi connectivity index (χ1n) is 10.7. The van der Waals surface area contributed by atoms with Crippen LogP contribution in [0.2, 0.25) is 0 Å². The highest BCUT2D eigenvalue weighted by molar-refractivity contribution is 5.71. The quantitative estimate of drug-likeness (QED) is 0.377. The Morgan fingerprint density at radius 1 is 0.920 bits per heavy atom. The molecule has 0 spiro atoms. The summed E-state index contributed by atoms with van der Waals surface area (Å²) in [6.07, 6.45) is 16.5. The number of carbonyl (C=O) groups is 1. The van der Waals surface area contributed by atoms with E-state index in [4.69, 9.17) is 9.47 Å².